The number of rotatable bonds is 6. The number of carbonyl (C=O) groups is 1. The fourth-order valence-corrected chi connectivity index (χ4v) is 2.69. The highest BCUT2D eigenvalue weighted by Gasteiger charge is 2.20. The second-order valence-corrected chi connectivity index (χ2v) is 5.67. The molecule has 0 atom stereocenters. The smallest absolute Gasteiger partial charge is 0.250 e. The fourth-order valence-electron chi connectivity index (χ4n) is 2.69. The van der Waals surface area contributed by atoms with Gasteiger partial charge in [0.25, 0.3) is 0 Å². The Morgan fingerprint density at radius 3 is 2.61 bits per heavy atom. The summed E-state index contributed by atoms with van der Waals surface area (Å²) in [7, 11) is 1.61. The van der Waals surface area contributed by atoms with E-state index in [1.807, 2.05) is 29.2 Å². The zero-order valence-electron chi connectivity index (χ0n) is 14.1. The van der Waals surface area contributed by atoms with E-state index in [2.05, 4.69) is 18.8 Å². The zero-order chi connectivity index (χ0) is 16.8. The maximum atomic E-state index is 12.8. The topological polar surface area (TPSA) is 67.9 Å². The van der Waals surface area contributed by atoms with Crippen molar-refractivity contribution in [3.05, 3.63) is 29.3 Å². The Bertz CT molecular complexity index is 629. The summed E-state index contributed by atoms with van der Waals surface area (Å²) in [5.74, 6) is 1.22. The first kappa shape index (κ1) is 17.1. The summed E-state index contributed by atoms with van der Waals surface area (Å²) < 4.78 is 5.23. The fraction of sp³-hybridized carbons (Fsp3) is 0.444. The molecule has 0 aromatic heterocycles. The van der Waals surface area contributed by atoms with Gasteiger partial charge in [0.2, 0.25) is 5.91 Å². The molecule has 124 valence electrons. The number of benzene rings is 1. The van der Waals surface area contributed by atoms with Crippen molar-refractivity contribution in [1.82, 2.24) is 4.90 Å². The molecule has 0 fully saturated rings. The van der Waals surface area contributed by atoms with Gasteiger partial charge in [-0.3, -0.25) is 4.79 Å². The molecule has 2 N–H and O–H groups in total. The molecule has 0 unspecified atom stereocenters. The zero-order valence-corrected chi connectivity index (χ0v) is 14.1. The van der Waals surface area contributed by atoms with Gasteiger partial charge in [-0.2, -0.15) is 0 Å². The Balaban J connectivity index is 2.37. The third-order valence-electron chi connectivity index (χ3n) is 3.75. The Labute approximate surface area is 137 Å². The van der Waals surface area contributed by atoms with Gasteiger partial charge >= 0.3 is 0 Å². The van der Waals surface area contributed by atoms with E-state index in [0.29, 0.717) is 17.8 Å². The second-order valence-electron chi connectivity index (χ2n) is 5.67. The number of amides is 1. The molecule has 1 aromatic rings. The number of fused-ring (bicyclic) bond motifs is 1. The van der Waals surface area contributed by atoms with Crippen LogP contribution in [0, 0.1) is 0 Å². The van der Waals surface area contributed by atoms with E-state index in [-0.39, 0.29) is 5.91 Å². The first-order valence-electron chi connectivity index (χ1n) is 8.10. The minimum atomic E-state index is 0.0514. The monoisotopic (exact) mass is 315 g/mol. The number of hydrogen-bond donors (Lipinski definition) is 1. The predicted molar refractivity (Wildman–Crippen MR) is 94.0 cm³/mol. The number of amidine groups is 1. The summed E-state index contributed by atoms with van der Waals surface area (Å²) in [4.78, 5) is 19.2. The summed E-state index contributed by atoms with van der Waals surface area (Å²) in [5.41, 5.74) is 8.34. The molecule has 1 aliphatic rings. The highest BCUT2D eigenvalue weighted by molar-refractivity contribution is 6.05. The molecule has 0 saturated heterocycles. The van der Waals surface area contributed by atoms with Crippen LogP contribution in [0.5, 0.6) is 5.75 Å². The van der Waals surface area contributed by atoms with E-state index >= 15 is 0 Å². The van der Waals surface area contributed by atoms with E-state index in [9.17, 15) is 4.79 Å². The van der Waals surface area contributed by atoms with Crippen molar-refractivity contribution in [2.75, 3.05) is 20.2 Å². The van der Waals surface area contributed by atoms with Gasteiger partial charge in [-0.1, -0.05) is 13.8 Å². The molecule has 0 spiro atoms. The molecule has 0 aliphatic carbocycles. The first-order valence-corrected chi connectivity index (χ1v) is 8.10. The van der Waals surface area contributed by atoms with Crippen LogP contribution < -0.4 is 10.5 Å². The van der Waals surface area contributed by atoms with E-state index in [0.717, 1.165) is 42.9 Å². The molecular weight excluding hydrogens is 290 g/mol. The predicted octanol–water partition coefficient (Wildman–Crippen LogP) is 3.12. The number of ether oxygens (including phenoxy) is 1. The Hall–Kier alpha value is -2.30. The first-order chi connectivity index (χ1) is 11.1. The lowest BCUT2D eigenvalue weighted by Crippen LogP contribution is -2.34. The summed E-state index contributed by atoms with van der Waals surface area (Å²) >= 11 is 0. The third kappa shape index (κ3) is 4.12. The van der Waals surface area contributed by atoms with Gasteiger partial charge in [-0.05, 0) is 31.1 Å². The van der Waals surface area contributed by atoms with Gasteiger partial charge in [0, 0.05) is 36.7 Å². The largest absolute Gasteiger partial charge is 0.497 e. The summed E-state index contributed by atoms with van der Waals surface area (Å²) in [6, 6.07) is 5.61. The Morgan fingerprint density at radius 1 is 1.30 bits per heavy atom. The van der Waals surface area contributed by atoms with Crippen molar-refractivity contribution in [2.45, 2.75) is 33.1 Å². The van der Waals surface area contributed by atoms with Crippen LogP contribution in [0.25, 0.3) is 6.08 Å². The SMILES string of the molecule is CCCN(CCC)C(=O)C1=Cc2ccc(OC)cc2N=C(N)C1. The molecule has 2 rings (SSSR count). The summed E-state index contributed by atoms with van der Waals surface area (Å²) in [6.07, 6.45) is 4.16. The summed E-state index contributed by atoms with van der Waals surface area (Å²) in [6.45, 7) is 5.68. The van der Waals surface area contributed by atoms with Crippen LogP contribution in [0.1, 0.15) is 38.7 Å². The van der Waals surface area contributed by atoms with Gasteiger partial charge in [0.15, 0.2) is 0 Å². The molecular formula is C18H25N3O2. The van der Waals surface area contributed by atoms with Crippen molar-refractivity contribution < 1.29 is 9.53 Å². The maximum absolute atomic E-state index is 12.8. The van der Waals surface area contributed by atoms with E-state index < -0.39 is 0 Å². The van der Waals surface area contributed by atoms with Gasteiger partial charge in [-0.15, -0.1) is 0 Å². The Morgan fingerprint density at radius 2 is 2.00 bits per heavy atom. The van der Waals surface area contributed by atoms with Crippen molar-refractivity contribution in [1.29, 1.82) is 0 Å². The van der Waals surface area contributed by atoms with Crippen LogP contribution >= 0.6 is 0 Å². The molecule has 5 nitrogen and oxygen atoms in total. The van der Waals surface area contributed by atoms with Crippen LogP contribution in [0.2, 0.25) is 0 Å². The molecule has 1 amide bonds. The highest BCUT2D eigenvalue weighted by Crippen LogP contribution is 2.30. The lowest BCUT2D eigenvalue weighted by Gasteiger charge is -2.22. The molecule has 1 aromatic carbocycles. The van der Waals surface area contributed by atoms with Crippen LogP contribution in [-0.4, -0.2) is 36.8 Å². The number of methoxy groups -OCH3 is 1. The van der Waals surface area contributed by atoms with E-state index in [1.165, 1.54) is 0 Å². The molecule has 23 heavy (non-hydrogen) atoms. The van der Waals surface area contributed by atoms with Crippen LogP contribution in [0.3, 0.4) is 0 Å². The molecule has 0 saturated carbocycles. The number of hydrogen-bond acceptors (Lipinski definition) is 4. The number of nitrogens with zero attached hydrogens (tertiary/aromatic N) is 2. The second kappa shape index (κ2) is 7.81. The lowest BCUT2D eigenvalue weighted by atomic mass is 10.1. The molecule has 5 heteroatoms. The number of nitrogens with two attached hydrogens (primary N) is 1. The molecule has 1 heterocycles. The van der Waals surface area contributed by atoms with Crippen molar-refractivity contribution in [2.24, 2.45) is 10.7 Å². The number of aliphatic imine (C=N–C) groups is 1. The average Bonchev–Trinajstić information content (AvgIpc) is 2.71. The van der Waals surface area contributed by atoms with Gasteiger partial charge in [0.1, 0.15) is 11.6 Å². The van der Waals surface area contributed by atoms with Crippen molar-refractivity contribution in [3.63, 3.8) is 0 Å². The van der Waals surface area contributed by atoms with E-state index in [4.69, 9.17) is 10.5 Å². The Kier molecular flexibility index (Phi) is 5.79. The normalized spacial score (nSPS) is 13.5. The quantitative estimate of drug-likeness (QED) is 0.877. The van der Waals surface area contributed by atoms with E-state index in [1.54, 1.807) is 7.11 Å². The molecule has 0 radical (unpaired) electrons. The maximum Gasteiger partial charge on any atom is 0.250 e. The van der Waals surface area contributed by atoms with Crippen molar-refractivity contribution >= 4 is 23.5 Å². The minimum Gasteiger partial charge on any atom is -0.497 e. The average molecular weight is 315 g/mol. The summed E-state index contributed by atoms with van der Waals surface area (Å²) in [5, 5.41) is 0. The van der Waals surface area contributed by atoms with Gasteiger partial charge < -0.3 is 15.4 Å². The van der Waals surface area contributed by atoms with Crippen LogP contribution in [0.4, 0.5) is 5.69 Å². The van der Waals surface area contributed by atoms with Crippen LogP contribution in [0.15, 0.2) is 28.8 Å². The lowest BCUT2D eigenvalue weighted by molar-refractivity contribution is -0.127. The molecule has 1 aliphatic heterocycles. The number of carbonyl (C=O) groups excluding carboxylic acids is 1. The van der Waals surface area contributed by atoms with Gasteiger partial charge in [0.05, 0.1) is 12.8 Å². The standard InChI is InChI=1S/C18H25N3O2/c1-4-8-21(9-5-2)18(22)14-10-13-6-7-15(23-3)12-16(13)20-17(19)11-14/h6-7,10,12H,4-5,8-9,11H2,1-3H3,(H2,19,20). The van der Waals surface area contributed by atoms with Gasteiger partial charge in [-0.25, -0.2) is 4.99 Å². The molecule has 0 bridgehead atoms. The third-order valence-corrected chi connectivity index (χ3v) is 3.75. The highest BCUT2D eigenvalue weighted by atomic mass is 16.5. The van der Waals surface area contributed by atoms with Crippen LogP contribution in [-0.2, 0) is 4.79 Å². The minimum absolute atomic E-state index is 0.0514. The van der Waals surface area contributed by atoms with Crippen molar-refractivity contribution in [3.8, 4) is 5.75 Å².